The highest BCUT2D eigenvalue weighted by molar-refractivity contribution is 5.73. The van der Waals surface area contributed by atoms with Crippen molar-refractivity contribution >= 4 is 5.91 Å². The highest BCUT2D eigenvalue weighted by Gasteiger charge is 2.20. The van der Waals surface area contributed by atoms with E-state index in [0.717, 1.165) is 31.7 Å². The second kappa shape index (κ2) is 8.38. The first-order valence-corrected chi connectivity index (χ1v) is 8.66. The Balaban J connectivity index is 1.46. The first-order chi connectivity index (χ1) is 12.2. The molecule has 0 spiro atoms. The van der Waals surface area contributed by atoms with Crippen LogP contribution in [0.5, 0.6) is 5.75 Å². The van der Waals surface area contributed by atoms with E-state index in [4.69, 9.17) is 4.74 Å². The summed E-state index contributed by atoms with van der Waals surface area (Å²) in [4.78, 5) is 13.2. The molecule has 0 aromatic heterocycles. The minimum atomic E-state index is 0.0303. The molecular formula is C21H24N2O2. The third kappa shape index (κ3) is 5.38. The van der Waals surface area contributed by atoms with E-state index < -0.39 is 0 Å². The van der Waals surface area contributed by atoms with Crippen LogP contribution in [0.3, 0.4) is 0 Å². The van der Waals surface area contributed by atoms with Gasteiger partial charge in [-0.3, -0.25) is 4.79 Å². The third-order valence-electron chi connectivity index (χ3n) is 4.28. The molecule has 1 atom stereocenters. The first kappa shape index (κ1) is 17.1. The number of carbonyl (C=O) groups excluding carboxylic acids is 1. The van der Waals surface area contributed by atoms with Crippen LogP contribution in [-0.2, 0) is 11.2 Å². The summed E-state index contributed by atoms with van der Waals surface area (Å²) in [5.74, 6) is 0.855. The van der Waals surface area contributed by atoms with E-state index in [9.17, 15) is 4.79 Å². The van der Waals surface area contributed by atoms with E-state index in [2.05, 4.69) is 46.6 Å². The molecule has 4 nitrogen and oxygen atoms in total. The molecule has 4 heteroatoms. The molecular weight excluding hydrogens is 312 g/mol. The van der Waals surface area contributed by atoms with Crippen molar-refractivity contribution in [1.82, 2.24) is 10.2 Å². The zero-order valence-electron chi connectivity index (χ0n) is 14.5. The molecule has 1 saturated heterocycles. The van der Waals surface area contributed by atoms with Crippen LogP contribution in [0.15, 0.2) is 67.1 Å². The Morgan fingerprint density at radius 2 is 1.88 bits per heavy atom. The van der Waals surface area contributed by atoms with Crippen LogP contribution in [0.25, 0.3) is 0 Å². The predicted octanol–water partition coefficient (Wildman–Crippen LogP) is 3.34. The molecule has 1 unspecified atom stereocenters. The Morgan fingerprint density at radius 1 is 1.16 bits per heavy atom. The molecule has 1 fully saturated rings. The second-order valence-electron chi connectivity index (χ2n) is 6.39. The standard InChI is InChI=1S/C21H24N2O2/c1-17(24)22-20-11-12-23(16-20)13-14-25-21-9-7-19(8-10-21)15-18-5-3-2-4-6-18/h2-10,13-14,20H,11-12,15-16H2,1H3,(H,22,24)/b14-13+. The third-order valence-corrected chi connectivity index (χ3v) is 4.28. The summed E-state index contributed by atoms with van der Waals surface area (Å²) in [5, 5.41) is 2.95. The zero-order valence-corrected chi connectivity index (χ0v) is 14.5. The van der Waals surface area contributed by atoms with Crippen molar-refractivity contribution in [3.8, 4) is 5.75 Å². The Morgan fingerprint density at radius 3 is 2.60 bits per heavy atom. The van der Waals surface area contributed by atoms with Crippen LogP contribution in [0.1, 0.15) is 24.5 Å². The van der Waals surface area contributed by atoms with Crippen molar-refractivity contribution in [2.24, 2.45) is 0 Å². The zero-order chi connectivity index (χ0) is 17.5. The normalized spacial score (nSPS) is 17.0. The molecule has 1 amide bonds. The molecule has 1 aliphatic rings. The quantitative estimate of drug-likeness (QED) is 0.823. The van der Waals surface area contributed by atoms with Gasteiger partial charge < -0.3 is 15.0 Å². The number of rotatable bonds is 6. The Hall–Kier alpha value is -2.75. The highest BCUT2D eigenvalue weighted by atomic mass is 16.5. The van der Waals surface area contributed by atoms with E-state index >= 15 is 0 Å². The molecule has 0 saturated carbocycles. The average Bonchev–Trinajstić information content (AvgIpc) is 3.04. The van der Waals surface area contributed by atoms with Gasteiger partial charge in [0.2, 0.25) is 5.91 Å². The fraction of sp³-hybridized carbons (Fsp3) is 0.286. The minimum absolute atomic E-state index is 0.0303. The first-order valence-electron chi connectivity index (χ1n) is 8.66. The van der Waals surface area contributed by atoms with Crippen LogP contribution in [0, 0.1) is 0 Å². The highest BCUT2D eigenvalue weighted by Crippen LogP contribution is 2.16. The smallest absolute Gasteiger partial charge is 0.217 e. The summed E-state index contributed by atoms with van der Waals surface area (Å²) < 4.78 is 5.68. The van der Waals surface area contributed by atoms with Crippen molar-refractivity contribution in [3.63, 3.8) is 0 Å². The van der Waals surface area contributed by atoms with Gasteiger partial charge in [-0.25, -0.2) is 0 Å². The Kier molecular flexibility index (Phi) is 5.73. The molecule has 2 aromatic carbocycles. The molecule has 25 heavy (non-hydrogen) atoms. The molecule has 0 aliphatic carbocycles. The van der Waals surface area contributed by atoms with Gasteiger partial charge >= 0.3 is 0 Å². The predicted molar refractivity (Wildman–Crippen MR) is 99.3 cm³/mol. The number of amides is 1. The number of ether oxygens (including phenoxy) is 1. The van der Waals surface area contributed by atoms with Gasteiger partial charge in [-0.1, -0.05) is 42.5 Å². The van der Waals surface area contributed by atoms with E-state index in [0.29, 0.717) is 0 Å². The average molecular weight is 336 g/mol. The summed E-state index contributed by atoms with van der Waals surface area (Å²) in [7, 11) is 0. The van der Waals surface area contributed by atoms with E-state index in [1.54, 1.807) is 13.2 Å². The number of hydrogen-bond donors (Lipinski definition) is 1. The summed E-state index contributed by atoms with van der Waals surface area (Å²) in [6.07, 6.45) is 5.55. The number of carbonyl (C=O) groups is 1. The summed E-state index contributed by atoms with van der Waals surface area (Å²) >= 11 is 0. The summed E-state index contributed by atoms with van der Waals surface area (Å²) in [6.45, 7) is 3.32. The van der Waals surface area contributed by atoms with Gasteiger partial charge in [0, 0.05) is 32.3 Å². The monoisotopic (exact) mass is 336 g/mol. The fourth-order valence-corrected chi connectivity index (χ4v) is 3.04. The van der Waals surface area contributed by atoms with E-state index in [1.807, 2.05) is 24.4 Å². The maximum absolute atomic E-state index is 11.1. The molecule has 130 valence electrons. The van der Waals surface area contributed by atoms with Gasteiger partial charge in [0.1, 0.15) is 12.0 Å². The lowest BCUT2D eigenvalue weighted by Gasteiger charge is -2.13. The van der Waals surface area contributed by atoms with Gasteiger partial charge in [-0.2, -0.15) is 0 Å². The number of benzene rings is 2. The summed E-state index contributed by atoms with van der Waals surface area (Å²) in [5.41, 5.74) is 2.57. The summed E-state index contributed by atoms with van der Waals surface area (Å²) in [6, 6.07) is 18.8. The number of hydrogen-bond acceptors (Lipinski definition) is 3. The van der Waals surface area contributed by atoms with Crippen molar-refractivity contribution in [1.29, 1.82) is 0 Å². The van der Waals surface area contributed by atoms with Crippen LogP contribution < -0.4 is 10.1 Å². The van der Waals surface area contributed by atoms with Crippen LogP contribution >= 0.6 is 0 Å². The van der Waals surface area contributed by atoms with Crippen LogP contribution in [0.4, 0.5) is 0 Å². The van der Waals surface area contributed by atoms with Crippen LogP contribution in [0.2, 0.25) is 0 Å². The second-order valence-corrected chi connectivity index (χ2v) is 6.39. The molecule has 2 aromatic rings. The largest absolute Gasteiger partial charge is 0.463 e. The lowest BCUT2D eigenvalue weighted by Crippen LogP contribution is -2.34. The molecule has 0 bridgehead atoms. The molecule has 1 aliphatic heterocycles. The van der Waals surface area contributed by atoms with Crippen LogP contribution in [-0.4, -0.2) is 29.9 Å². The van der Waals surface area contributed by atoms with E-state index in [-0.39, 0.29) is 11.9 Å². The van der Waals surface area contributed by atoms with Crippen molar-refractivity contribution in [2.45, 2.75) is 25.8 Å². The molecule has 1 N–H and O–H groups in total. The lowest BCUT2D eigenvalue weighted by molar-refractivity contribution is -0.119. The van der Waals surface area contributed by atoms with E-state index in [1.165, 1.54) is 11.1 Å². The van der Waals surface area contributed by atoms with Gasteiger partial charge in [-0.15, -0.1) is 0 Å². The van der Waals surface area contributed by atoms with Crippen molar-refractivity contribution in [3.05, 3.63) is 78.2 Å². The SMILES string of the molecule is CC(=O)NC1CCN(/C=C/Oc2ccc(Cc3ccccc3)cc2)C1. The maximum atomic E-state index is 11.1. The topological polar surface area (TPSA) is 41.6 Å². The Labute approximate surface area is 149 Å². The Bertz CT molecular complexity index is 710. The molecule has 0 radical (unpaired) electrons. The lowest BCUT2D eigenvalue weighted by atomic mass is 10.1. The number of likely N-dealkylation sites (tertiary alicyclic amines) is 1. The minimum Gasteiger partial charge on any atom is -0.463 e. The van der Waals surface area contributed by atoms with Gasteiger partial charge in [0.15, 0.2) is 0 Å². The molecule has 3 rings (SSSR count). The number of nitrogens with one attached hydrogen (secondary N) is 1. The fourth-order valence-electron chi connectivity index (χ4n) is 3.04. The van der Waals surface area contributed by atoms with Crippen molar-refractivity contribution < 1.29 is 9.53 Å². The van der Waals surface area contributed by atoms with Gasteiger partial charge in [-0.05, 0) is 36.1 Å². The maximum Gasteiger partial charge on any atom is 0.217 e. The van der Waals surface area contributed by atoms with Gasteiger partial charge in [0.25, 0.3) is 0 Å². The van der Waals surface area contributed by atoms with Gasteiger partial charge in [0.05, 0.1) is 0 Å². The number of nitrogens with zero attached hydrogens (tertiary/aromatic N) is 1. The molecule has 1 heterocycles. The van der Waals surface area contributed by atoms with Crippen molar-refractivity contribution in [2.75, 3.05) is 13.1 Å².